The fourth-order valence-electron chi connectivity index (χ4n) is 6.70. The van der Waals surface area contributed by atoms with Crippen LogP contribution in [0.2, 0.25) is 0 Å². The molecular formula is C36H28N2. The molecule has 5 aromatic rings. The van der Waals surface area contributed by atoms with Gasteiger partial charge >= 0.3 is 0 Å². The van der Waals surface area contributed by atoms with Crippen molar-refractivity contribution >= 4 is 33.9 Å². The molecule has 4 aromatic carbocycles. The van der Waals surface area contributed by atoms with Gasteiger partial charge in [0.25, 0.3) is 0 Å². The van der Waals surface area contributed by atoms with E-state index in [2.05, 4.69) is 143 Å². The molecule has 2 aliphatic carbocycles. The predicted molar refractivity (Wildman–Crippen MR) is 159 cm³/mol. The van der Waals surface area contributed by atoms with Gasteiger partial charge in [-0.2, -0.15) is 0 Å². The molecule has 1 aliphatic heterocycles. The van der Waals surface area contributed by atoms with Gasteiger partial charge in [-0.05, 0) is 77.6 Å². The first kappa shape index (κ1) is 21.5. The first-order chi connectivity index (χ1) is 18.9. The van der Waals surface area contributed by atoms with Gasteiger partial charge in [0.15, 0.2) is 0 Å². The average Bonchev–Trinajstić information content (AvgIpc) is 3.50. The predicted octanol–water partition coefficient (Wildman–Crippen LogP) is 8.85. The van der Waals surface area contributed by atoms with Crippen molar-refractivity contribution in [2.45, 2.75) is 24.8 Å². The maximum absolute atomic E-state index is 2.51. The number of anilines is 2. The van der Waals surface area contributed by atoms with Gasteiger partial charge in [-0.3, -0.25) is 0 Å². The Bertz CT molecular complexity index is 1770. The summed E-state index contributed by atoms with van der Waals surface area (Å²) in [4.78, 5) is 2.51. The molecule has 8 rings (SSSR count). The molecule has 182 valence electrons. The van der Waals surface area contributed by atoms with E-state index in [1.165, 1.54) is 55.9 Å². The van der Waals surface area contributed by atoms with Gasteiger partial charge in [0.05, 0.1) is 11.6 Å². The molecule has 2 atom stereocenters. The second kappa shape index (κ2) is 8.49. The van der Waals surface area contributed by atoms with Gasteiger partial charge in [-0.15, -0.1) is 0 Å². The zero-order chi connectivity index (χ0) is 25.1. The molecule has 0 N–H and O–H groups in total. The Labute approximate surface area is 223 Å². The summed E-state index contributed by atoms with van der Waals surface area (Å²) in [6.07, 6.45) is 14.1. The zero-order valence-electron chi connectivity index (χ0n) is 21.2. The van der Waals surface area contributed by atoms with Crippen LogP contribution in [0.25, 0.3) is 28.2 Å². The van der Waals surface area contributed by atoms with Crippen molar-refractivity contribution < 1.29 is 0 Å². The number of para-hydroxylation sites is 3. The average molecular weight is 489 g/mol. The topological polar surface area (TPSA) is 8.17 Å². The summed E-state index contributed by atoms with van der Waals surface area (Å²) < 4.78 is 2.45. The summed E-state index contributed by atoms with van der Waals surface area (Å²) in [6, 6.07) is 37.8. The summed E-state index contributed by atoms with van der Waals surface area (Å²) in [7, 11) is 0. The smallest absolute Gasteiger partial charge is 0.0635 e. The number of benzene rings is 4. The lowest BCUT2D eigenvalue weighted by atomic mass is 9.86. The summed E-state index contributed by atoms with van der Waals surface area (Å²) in [5, 5.41) is 1.37. The van der Waals surface area contributed by atoms with E-state index in [4.69, 9.17) is 0 Å². The van der Waals surface area contributed by atoms with Crippen LogP contribution in [0.5, 0.6) is 0 Å². The first-order valence-electron chi connectivity index (χ1n) is 13.6. The minimum Gasteiger partial charge on any atom is -0.333 e. The molecule has 2 heteroatoms. The molecule has 0 spiro atoms. The molecule has 0 saturated heterocycles. The molecule has 0 fully saturated rings. The van der Waals surface area contributed by atoms with Crippen molar-refractivity contribution in [3.05, 3.63) is 150 Å². The van der Waals surface area contributed by atoms with Crippen LogP contribution in [0.1, 0.15) is 34.7 Å². The second-order valence-electron chi connectivity index (χ2n) is 10.5. The lowest BCUT2D eigenvalue weighted by molar-refractivity contribution is 0.747. The van der Waals surface area contributed by atoms with E-state index in [-0.39, 0.29) is 6.04 Å². The molecule has 0 saturated carbocycles. The van der Waals surface area contributed by atoms with Gasteiger partial charge in [0.2, 0.25) is 0 Å². The Morgan fingerprint density at radius 2 is 1.47 bits per heavy atom. The van der Waals surface area contributed by atoms with Crippen LogP contribution in [0.4, 0.5) is 11.4 Å². The number of aromatic nitrogens is 1. The standard InChI is InChI=1S/C36H28N2/c1-3-11-27(12-4-1)37-33-17-9-7-15-29(33)31-21-19-25(23-35(31)37)26-20-22-32-30-16-8-10-18-34(30)38(36(32)24-26)28-13-5-2-6-14-28/h1-7,9-15,17-24,31,35H,8,16H2. The molecule has 0 amide bonds. The van der Waals surface area contributed by atoms with E-state index in [0.29, 0.717) is 5.92 Å². The summed E-state index contributed by atoms with van der Waals surface area (Å²) in [5.74, 6) is 0.351. The molecule has 2 heterocycles. The fraction of sp³-hybridized carbons (Fsp3) is 0.111. The quantitative estimate of drug-likeness (QED) is 0.246. The molecule has 1 aromatic heterocycles. The number of fused-ring (bicyclic) bond motifs is 6. The number of rotatable bonds is 3. The summed E-state index contributed by atoms with van der Waals surface area (Å²) >= 11 is 0. The minimum absolute atomic E-state index is 0.252. The monoisotopic (exact) mass is 488 g/mol. The van der Waals surface area contributed by atoms with Crippen LogP contribution in [0, 0.1) is 0 Å². The molecule has 3 aliphatic rings. The molecule has 2 nitrogen and oxygen atoms in total. The SMILES string of the molecule is C1=Cc2c(c3ccc(C4=CC5C(C=C4)c4ccccc4N5c4ccccc4)cc3n2-c2ccccc2)CC1. The highest BCUT2D eigenvalue weighted by molar-refractivity contribution is 5.94. The molecular weight excluding hydrogens is 460 g/mol. The first-order valence-corrected chi connectivity index (χ1v) is 13.6. The molecule has 0 bridgehead atoms. The van der Waals surface area contributed by atoms with Crippen LogP contribution in [-0.4, -0.2) is 10.6 Å². The molecule has 38 heavy (non-hydrogen) atoms. The molecule has 2 unspecified atom stereocenters. The minimum atomic E-state index is 0.252. The lowest BCUT2D eigenvalue weighted by Gasteiger charge is -2.30. The number of aryl methyl sites for hydroxylation is 1. The Morgan fingerprint density at radius 1 is 0.711 bits per heavy atom. The van der Waals surface area contributed by atoms with Crippen molar-refractivity contribution in [1.82, 2.24) is 4.57 Å². The summed E-state index contributed by atoms with van der Waals surface area (Å²) in [6.45, 7) is 0. The van der Waals surface area contributed by atoms with Gasteiger partial charge in [-0.1, -0.05) is 91.0 Å². The van der Waals surface area contributed by atoms with Crippen LogP contribution in [0.3, 0.4) is 0 Å². The van der Waals surface area contributed by atoms with E-state index in [1.807, 2.05) is 0 Å². The van der Waals surface area contributed by atoms with Crippen LogP contribution in [-0.2, 0) is 6.42 Å². The zero-order valence-corrected chi connectivity index (χ0v) is 21.2. The van der Waals surface area contributed by atoms with Gasteiger partial charge < -0.3 is 9.47 Å². The van der Waals surface area contributed by atoms with Crippen molar-refractivity contribution in [3.63, 3.8) is 0 Å². The second-order valence-corrected chi connectivity index (χ2v) is 10.5. The Morgan fingerprint density at radius 3 is 2.32 bits per heavy atom. The third-order valence-electron chi connectivity index (χ3n) is 8.39. The van der Waals surface area contributed by atoms with Gasteiger partial charge in [0, 0.05) is 34.1 Å². The maximum Gasteiger partial charge on any atom is 0.0635 e. The van der Waals surface area contributed by atoms with E-state index in [1.54, 1.807) is 0 Å². The van der Waals surface area contributed by atoms with Crippen LogP contribution in [0.15, 0.2) is 127 Å². The third kappa shape index (κ3) is 3.20. The third-order valence-corrected chi connectivity index (χ3v) is 8.39. The van der Waals surface area contributed by atoms with Crippen LogP contribution < -0.4 is 4.90 Å². The van der Waals surface area contributed by atoms with E-state index >= 15 is 0 Å². The lowest BCUT2D eigenvalue weighted by Crippen LogP contribution is -2.29. The van der Waals surface area contributed by atoms with Crippen LogP contribution >= 0.6 is 0 Å². The maximum atomic E-state index is 2.51. The van der Waals surface area contributed by atoms with E-state index < -0.39 is 0 Å². The highest BCUT2D eigenvalue weighted by atomic mass is 15.2. The van der Waals surface area contributed by atoms with Gasteiger partial charge in [0.1, 0.15) is 0 Å². The molecule has 0 radical (unpaired) electrons. The van der Waals surface area contributed by atoms with Crippen molar-refractivity contribution in [2.75, 3.05) is 4.90 Å². The van der Waals surface area contributed by atoms with E-state index in [9.17, 15) is 0 Å². The largest absolute Gasteiger partial charge is 0.333 e. The Hall–Kier alpha value is -4.56. The Kier molecular flexibility index (Phi) is 4.81. The highest BCUT2D eigenvalue weighted by Crippen LogP contribution is 2.49. The normalized spacial score (nSPS) is 19.3. The van der Waals surface area contributed by atoms with Crippen molar-refractivity contribution in [2.24, 2.45) is 0 Å². The Balaban J connectivity index is 1.28. The summed E-state index contributed by atoms with van der Waals surface area (Å²) in [5.41, 5.74) is 11.8. The van der Waals surface area contributed by atoms with E-state index in [0.717, 1.165) is 12.8 Å². The number of nitrogens with zero attached hydrogens (tertiary/aromatic N) is 2. The number of allylic oxidation sites excluding steroid dienone is 3. The number of hydrogen-bond donors (Lipinski definition) is 0. The highest BCUT2D eigenvalue weighted by Gasteiger charge is 2.38. The van der Waals surface area contributed by atoms with Gasteiger partial charge in [-0.25, -0.2) is 0 Å². The fourth-order valence-corrected chi connectivity index (χ4v) is 6.70. The number of hydrogen-bond acceptors (Lipinski definition) is 1. The van der Waals surface area contributed by atoms with Crippen molar-refractivity contribution in [1.29, 1.82) is 0 Å². The van der Waals surface area contributed by atoms with Crippen molar-refractivity contribution in [3.8, 4) is 5.69 Å².